The van der Waals surface area contributed by atoms with E-state index < -0.39 is 0 Å². The molecule has 1 aromatic carbocycles. The Labute approximate surface area is 205 Å². The van der Waals surface area contributed by atoms with Crippen LogP contribution in [0.1, 0.15) is 37.6 Å². The summed E-state index contributed by atoms with van der Waals surface area (Å²) in [6.07, 6.45) is 4.78. The Balaban J connectivity index is 1.35. The minimum absolute atomic E-state index is 0.331. The predicted molar refractivity (Wildman–Crippen MR) is 132 cm³/mol. The normalized spacial score (nSPS) is 22.5. The molecule has 35 heavy (non-hydrogen) atoms. The second-order valence-electron chi connectivity index (χ2n) is 10.0. The molecular formula is C26H31N7O2. The third-order valence-corrected chi connectivity index (χ3v) is 7.87. The summed E-state index contributed by atoms with van der Waals surface area (Å²) >= 11 is 0. The second-order valence-corrected chi connectivity index (χ2v) is 10.0. The Morgan fingerprint density at radius 2 is 2.00 bits per heavy atom. The second kappa shape index (κ2) is 8.86. The van der Waals surface area contributed by atoms with Crippen LogP contribution in [-0.4, -0.2) is 76.7 Å². The molecule has 0 unspecified atom stereocenters. The average Bonchev–Trinajstić information content (AvgIpc) is 3.22. The van der Waals surface area contributed by atoms with Crippen LogP contribution in [0.5, 0.6) is 0 Å². The molecule has 3 aliphatic rings. The van der Waals surface area contributed by atoms with Crippen molar-refractivity contribution in [1.29, 1.82) is 5.26 Å². The quantitative estimate of drug-likeness (QED) is 0.540. The monoisotopic (exact) mass is 473 g/mol. The number of nitriles is 1. The zero-order chi connectivity index (χ0) is 24.0. The van der Waals surface area contributed by atoms with E-state index in [9.17, 15) is 5.26 Å². The number of anilines is 1. The number of rotatable bonds is 6. The van der Waals surface area contributed by atoms with Gasteiger partial charge in [0.25, 0.3) is 0 Å². The fourth-order valence-electron chi connectivity index (χ4n) is 5.56. The fraction of sp³-hybridized carbons (Fsp3) is 0.538. The summed E-state index contributed by atoms with van der Waals surface area (Å²) in [6, 6.07) is 11.8. The van der Waals surface area contributed by atoms with Gasteiger partial charge < -0.3 is 14.4 Å². The van der Waals surface area contributed by atoms with Crippen molar-refractivity contribution in [2.45, 2.75) is 50.3 Å². The largest absolute Gasteiger partial charge is 0.378 e. The number of benzene rings is 1. The summed E-state index contributed by atoms with van der Waals surface area (Å²) in [5.74, 6) is 2.25. The van der Waals surface area contributed by atoms with Crippen molar-refractivity contribution in [3.8, 4) is 11.9 Å². The molecule has 2 saturated heterocycles. The topological polar surface area (TPSA) is 92.3 Å². The van der Waals surface area contributed by atoms with Crippen LogP contribution in [0.25, 0.3) is 16.7 Å². The van der Waals surface area contributed by atoms with Crippen molar-refractivity contribution in [1.82, 2.24) is 24.6 Å². The van der Waals surface area contributed by atoms with Crippen LogP contribution in [0.2, 0.25) is 0 Å². The van der Waals surface area contributed by atoms with Gasteiger partial charge >= 0.3 is 0 Å². The van der Waals surface area contributed by atoms with E-state index in [1.165, 1.54) is 0 Å². The van der Waals surface area contributed by atoms with Crippen LogP contribution >= 0.6 is 0 Å². The Morgan fingerprint density at radius 1 is 1.17 bits per heavy atom. The van der Waals surface area contributed by atoms with Crippen molar-refractivity contribution >= 4 is 16.7 Å². The molecule has 1 atom stereocenters. The molecule has 9 nitrogen and oxygen atoms in total. The lowest BCUT2D eigenvalue weighted by atomic mass is 9.65. The summed E-state index contributed by atoms with van der Waals surface area (Å²) < 4.78 is 12.7. The SMILES string of the molecule is COCc1nc(N2CCN(C3COC3)[C@@H](C)C2)cc(-n2ncc3ccc(C4(C#N)CCC4)cc32)n1. The number of methoxy groups -OCH3 is 1. The molecule has 2 aliphatic heterocycles. The lowest BCUT2D eigenvalue weighted by Gasteiger charge is -2.46. The molecular weight excluding hydrogens is 442 g/mol. The van der Waals surface area contributed by atoms with Crippen molar-refractivity contribution in [3.63, 3.8) is 0 Å². The first-order valence-corrected chi connectivity index (χ1v) is 12.5. The number of hydrogen-bond acceptors (Lipinski definition) is 8. The molecule has 0 spiro atoms. The summed E-state index contributed by atoms with van der Waals surface area (Å²) in [5, 5.41) is 15.6. The molecule has 3 fully saturated rings. The van der Waals surface area contributed by atoms with Crippen LogP contribution in [0.15, 0.2) is 30.5 Å². The Hall–Kier alpha value is -3.06. The van der Waals surface area contributed by atoms with Crippen molar-refractivity contribution in [2.75, 3.05) is 44.9 Å². The molecule has 182 valence electrons. The molecule has 2 aromatic heterocycles. The standard InChI is InChI=1S/C26H31N7O2/c1-18-13-31(8-9-32(18)21-14-35-15-21)24-11-25(30-23(29-24)16-34-2)33-22-10-20(5-4-19(22)12-28-33)26(17-27)6-3-7-26/h4-5,10-12,18,21H,3,6-9,13-16H2,1-2H3/t18-/m0/s1. The Kier molecular flexibility index (Phi) is 5.67. The summed E-state index contributed by atoms with van der Waals surface area (Å²) in [6.45, 7) is 7.06. The highest BCUT2D eigenvalue weighted by Gasteiger charge is 2.39. The third kappa shape index (κ3) is 3.86. The van der Waals surface area contributed by atoms with E-state index in [2.05, 4.69) is 46.1 Å². The van der Waals surface area contributed by atoms with Gasteiger partial charge in [-0.15, -0.1) is 0 Å². The van der Waals surface area contributed by atoms with Crippen LogP contribution in [0.3, 0.4) is 0 Å². The van der Waals surface area contributed by atoms with Crippen LogP contribution < -0.4 is 4.90 Å². The van der Waals surface area contributed by atoms with E-state index in [0.29, 0.717) is 24.5 Å². The van der Waals surface area contributed by atoms with Gasteiger partial charge in [-0.3, -0.25) is 4.90 Å². The van der Waals surface area contributed by atoms with E-state index >= 15 is 0 Å². The number of piperazine rings is 1. The molecule has 3 aromatic rings. The number of aromatic nitrogens is 4. The molecule has 6 rings (SSSR count). The molecule has 4 heterocycles. The Bertz CT molecular complexity index is 1270. The van der Waals surface area contributed by atoms with Crippen molar-refractivity contribution in [2.24, 2.45) is 0 Å². The van der Waals surface area contributed by atoms with Gasteiger partial charge in [0.1, 0.15) is 12.4 Å². The highest BCUT2D eigenvalue weighted by atomic mass is 16.5. The van der Waals surface area contributed by atoms with Gasteiger partial charge in [-0.1, -0.05) is 12.1 Å². The van der Waals surface area contributed by atoms with Gasteiger partial charge in [-0.05, 0) is 37.8 Å². The predicted octanol–water partition coefficient (Wildman–Crippen LogP) is 2.82. The fourth-order valence-corrected chi connectivity index (χ4v) is 5.56. The lowest BCUT2D eigenvalue weighted by molar-refractivity contribution is -0.0793. The summed E-state index contributed by atoms with van der Waals surface area (Å²) in [5.41, 5.74) is 1.65. The summed E-state index contributed by atoms with van der Waals surface area (Å²) in [7, 11) is 1.66. The molecule has 0 N–H and O–H groups in total. The van der Waals surface area contributed by atoms with Gasteiger partial charge in [0, 0.05) is 44.2 Å². The van der Waals surface area contributed by atoms with E-state index in [0.717, 1.165) is 80.2 Å². The van der Waals surface area contributed by atoms with E-state index in [1.807, 2.05) is 16.9 Å². The smallest absolute Gasteiger partial charge is 0.159 e. The Morgan fingerprint density at radius 3 is 2.66 bits per heavy atom. The highest BCUT2D eigenvalue weighted by molar-refractivity contribution is 5.81. The zero-order valence-corrected chi connectivity index (χ0v) is 20.4. The van der Waals surface area contributed by atoms with E-state index in [4.69, 9.17) is 19.4 Å². The zero-order valence-electron chi connectivity index (χ0n) is 20.4. The first kappa shape index (κ1) is 22.4. The number of nitrogens with zero attached hydrogens (tertiary/aromatic N) is 7. The van der Waals surface area contributed by atoms with Gasteiger partial charge in [0.15, 0.2) is 11.6 Å². The molecule has 0 amide bonds. The molecule has 1 aliphatic carbocycles. The average molecular weight is 474 g/mol. The minimum atomic E-state index is -0.372. The highest BCUT2D eigenvalue weighted by Crippen LogP contribution is 2.43. The molecule has 9 heteroatoms. The van der Waals surface area contributed by atoms with E-state index in [-0.39, 0.29) is 5.41 Å². The maximum atomic E-state index is 9.85. The molecule has 0 bridgehead atoms. The van der Waals surface area contributed by atoms with Gasteiger partial charge in [0.2, 0.25) is 0 Å². The van der Waals surface area contributed by atoms with Gasteiger partial charge in [0.05, 0.1) is 42.5 Å². The molecule has 1 saturated carbocycles. The number of hydrogen-bond donors (Lipinski definition) is 0. The van der Waals surface area contributed by atoms with Gasteiger partial charge in [-0.2, -0.15) is 10.4 Å². The summed E-state index contributed by atoms with van der Waals surface area (Å²) in [4.78, 5) is 14.5. The maximum absolute atomic E-state index is 9.85. The van der Waals surface area contributed by atoms with Crippen molar-refractivity contribution < 1.29 is 9.47 Å². The van der Waals surface area contributed by atoms with Crippen LogP contribution in [0.4, 0.5) is 5.82 Å². The lowest BCUT2D eigenvalue weighted by Crippen LogP contribution is -2.60. The maximum Gasteiger partial charge on any atom is 0.159 e. The third-order valence-electron chi connectivity index (χ3n) is 7.87. The van der Waals surface area contributed by atoms with E-state index in [1.54, 1.807) is 7.11 Å². The number of ether oxygens (including phenoxy) is 2. The van der Waals surface area contributed by atoms with Crippen LogP contribution in [-0.2, 0) is 21.5 Å². The van der Waals surface area contributed by atoms with Gasteiger partial charge in [-0.25, -0.2) is 14.6 Å². The minimum Gasteiger partial charge on any atom is -0.378 e. The van der Waals surface area contributed by atoms with Crippen LogP contribution in [0, 0.1) is 11.3 Å². The first-order chi connectivity index (χ1) is 17.1. The first-order valence-electron chi connectivity index (χ1n) is 12.5. The molecule has 0 radical (unpaired) electrons. The van der Waals surface area contributed by atoms with Crippen molar-refractivity contribution in [3.05, 3.63) is 41.9 Å². The number of fused-ring (bicyclic) bond motifs is 1.